The molecule has 0 spiro atoms. The van der Waals surface area contributed by atoms with Crippen LogP contribution in [0.1, 0.15) is 44.9 Å². The Labute approximate surface area is 125 Å². The number of unbranched alkanes of at least 4 members (excludes halogenated alkanes) is 6. The lowest BCUT2D eigenvalue weighted by Crippen LogP contribution is -1.98. The van der Waals surface area contributed by atoms with Gasteiger partial charge in [-0.05, 0) is 30.7 Å². The average Bonchev–Trinajstić information content (AvgIpc) is 2.42. The molecule has 0 aliphatic carbocycles. The standard InChI is InChI=1S/C17H30O2Si/c1-20(2)15-9-7-5-3-4-6-8-14-19-17-12-10-16(18)11-13-17/h10-13,18,20H,3-9,14-15H2,1-2H3. The fourth-order valence-electron chi connectivity index (χ4n) is 2.27. The maximum atomic E-state index is 9.16. The summed E-state index contributed by atoms with van der Waals surface area (Å²) in [4.78, 5) is 0. The van der Waals surface area contributed by atoms with Gasteiger partial charge in [0.25, 0.3) is 0 Å². The van der Waals surface area contributed by atoms with Crippen molar-refractivity contribution in [3.8, 4) is 11.5 Å². The minimum atomic E-state index is -0.310. The number of phenolic OH excluding ortho intramolecular Hbond substituents is 1. The van der Waals surface area contributed by atoms with Crippen molar-refractivity contribution in [3.05, 3.63) is 24.3 Å². The Morgan fingerprint density at radius 2 is 1.40 bits per heavy atom. The Bertz CT molecular complexity index is 335. The van der Waals surface area contributed by atoms with Gasteiger partial charge in [-0.3, -0.25) is 0 Å². The Morgan fingerprint density at radius 3 is 2.00 bits per heavy atom. The van der Waals surface area contributed by atoms with E-state index in [0.29, 0.717) is 0 Å². The van der Waals surface area contributed by atoms with E-state index >= 15 is 0 Å². The highest BCUT2D eigenvalue weighted by molar-refractivity contribution is 6.55. The molecule has 0 aliphatic heterocycles. The quantitative estimate of drug-likeness (QED) is 0.460. The molecule has 0 saturated carbocycles. The molecule has 0 saturated heterocycles. The van der Waals surface area contributed by atoms with Crippen LogP contribution in [0.4, 0.5) is 0 Å². The van der Waals surface area contributed by atoms with Gasteiger partial charge in [-0.1, -0.05) is 57.7 Å². The predicted molar refractivity (Wildman–Crippen MR) is 89.6 cm³/mol. The summed E-state index contributed by atoms with van der Waals surface area (Å²) in [5.41, 5.74) is 0. The second-order valence-corrected chi connectivity index (χ2v) is 9.36. The van der Waals surface area contributed by atoms with Gasteiger partial charge in [0.1, 0.15) is 11.5 Å². The fourth-order valence-corrected chi connectivity index (χ4v) is 3.38. The lowest BCUT2D eigenvalue weighted by molar-refractivity contribution is 0.304. The molecule has 0 fully saturated rings. The van der Waals surface area contributed by atoms with E-state index in [9.17, 15) is 0 Å². The molecule has 0 aromatic heterocycles. The number of aromatic hydroxyl groups is 1. The molecular formula is C17H30O2Si. The number of ether oxygens (including phenoxy) is 1. The van der Waals surface area contributed by atoms with Crippen LogP contribution in [0.5, 0.6) is 11.5 Å². The predicted octanol–water partition coefficient (Wildman–Crippen LogP) is 4.99. The van der Waals surface area contributed by atoms with Crippen LogP contribution in [0.25, 0.3) is 0 Å². The number of hydrogen-bond acceptors (Lipinski definition) is 2. The molecule has 1 N–H and O–H groups in total. The van der Waals surface area contributed by atoms with E-state index in [0.717, 1.165) is 18.8 Å². The lowest BCUT2D eigenvalue weighted by atomic mass is 10.1. The summed E-state index contributed by atoms with van der Waals surface area (Å²) in [6, 6.07) is 8.46. The monoisotopic (exact) mass is 294 g/mol. The first-order valence-corrected chi connectivity index (χ1v) is 11.2. The molecule has 3 heteroatoms. The first-order valence-electron chi connectivity index (χ1n) is 8.10. The normalized spacial score (nSPS) is 10.9. The van der Waals surface area contributed by atoms with Gasteiger partial charge in [0, 0.05) is 8.80 Å². The molecule has 0 bridgehead atoms. The largest absolute Gasteiger partial charge is 0.508 e. The van der Waals surface area contributed by atoms with E-state index < -0.39 is 0 Å². The van der Waals surface area contributed by atoms with Gasteiger partial charge in [0.2, 0.25) is 0 Å². The van der Waals surface area contributed by atoms with Crippen molar-refractivity contribution in [1.82, 2.24) is 0 Å². The van der Waals surface area contributed by atoms with Crippen LogP contribution >= 0.6 is 0 Å². The molecule has 0 heterocycles. The van der Waals surface area contributed by atoms with Crippen molar-refractivity contribution in [2.45, 2.75) is 64.1 Å². The van der Waals surface area contributed by atoms with Crippen LogP contribution in [0.3, 0.4) is 0 Å². The second-order valence-electron chi connectivity index (χ2n) is 6.00. The third-order valence-electron chi connectivity index (χ3n) is 3.53. The first kappa shape index (κ1) is 17.1. The lowest BCUT2D eigenvalue weighted by Gasteiger charge is -2.06. The average molecular weight is 295 g/mol. The first-order chi connectivity index (χ1) is 9.68. The van der Waals surface area contributed by atoms with E-state index in [1.54, 1.807) is 12.1 Å². The molecule has 0 atom stereocenters. The summed E-state index contributed by atoms with van der Waals surface area (Å²) in [7, 11) is -0.310. The summed E-state index contributed by atoms with van der Waals surface area (Å²) in [5.74, 6) is 1.14. The van der Waals surface area contributed by atoms with E-state index in [-0.39, 0.29) is 14.5 Å². The van der Waals surface area contributed by atoms with Gasteiger partial charge in [-0.15, -0.1) is 0 Å². The molecule has 0 aliphatic rings. The van der Waals surface area contributed by atoms with E-state index in [2.05, 4.69) is 13.1 Å². The molecule has 20 heavy (non-hydrogen) atoms. The van der Waals surface area contributed by atoms with Crippen LogP contribution in [0.15, 0.2) is 24.3 Å². The number of rotatable bonds is 11. The van der Waals surface area contributed by atoms with Gasteiger partial charge in [-0.25, -0.2) is 0 Å². The number of hydrogen-bond donors (Lipinski definition) is 1. The summed E-state index contributed by atoms with van der Waals surface area (Å²) < 4.78 is 5.63. The van der Waals surface area contributed by atoms with Gasteiger partial charge < -0.3 is 9.84 Å². The van der Waals surface area contributed by atoms with Crippen molar-refractivity contribution in [2.24, 2.45) is 0 Å². The van der Waals surface area contributed by atoms with Crippen molar-refractivity contribution < 1.29 is 9.84 Å². The summed E-state index contributed by atoms with van der Waals surface area (Å²) in [6.07, 6.45) is 9.37. The van der Waals surface area contributed by atoms with Gasteiger partial charge in [-0.2, -0.15) is 0 Å². The minimum absolute atomic E-state index is 0.289. The van der Waals surface area contributed by atoms with Crippen LogP contribution in [0, 0.1) is 0 Å². The van der Waals surface area contributed by atoms with E-state index in [4.69, 9.17) is 9.84 Å². The third-order valence-corrected chi connectivity index (χ3v) is 5.09. The van der Waals surface area contributed by atoms with Crippen molar-refractivity contribution >= 4 is 8.80 Å². The maximum Gasteiger partial charge on any atom is 0.119 e. The zero-order valence-corrected chi connectivity index (χ0v) is 14.3. The molecule has 0 radical (unpaired) electrons. The highest BCUT2D eigenvalue weighted by Crippen LogP contribution is 2.16. The molecular weight excluding hydrogens is 264 g/mol. The van der Waals surface area contributed by atoms with Gasteiger partial charge in [0.15, 0.2) is 0 Å². The van der Waals surface area contributed by atoms with Crippen molar-refractivity contribution in [3.63, 3.8) is 0 Å². The molecule has 0 unspecified atom stereocenters. The number of phenols is 1. The molecule has 1 aromatic carbocycles. The van der Waals surface area contributed by atoms with Crippen LogP contribution in [-0.4, -0.2) is 20.5 Å². The summed E-state index contributed by atoms with van der Waals surface area (Å²) in [6.45, 7) is 5.66. The van der Waals surface area contributed by atoms with Crippen LogP contribution in [-0.2, 0) is 0 Å². The van der Waals surface area contributed by atoms with Crippen molar-refractivity contribution in [1.29, 1.82) is 0 Å². The summed E-state index contributed by atoms with van der Waals surface area (Å²) >= 11 is 0. The Morgan fingerprint density at radius 1 is 0.850 bits per heavy atom. The highest BCUT2D eigenvalue weighted by atomic mass is 28.3. The molecule has 0 amide bonds. The van der Waals surface area contributed by atoms with Gasteiger partial charge >= 0.3 is 0 Å². The smallest absolute Gasteiger partial charge is 0.119 e. The highest BCUT2D eigenvalue weighted by Gasteiger charge is 1.97. The van der Waals surface area contributed by atoms with E-state index in [1.807, 2.05) is 12.1 Å². The zero-order chi connectivity index (χ0) is 14.6. The summed E-state index contributed by atoms with van der Waals surface area (Å²) in [5, 5.41) is 9.16. The number of benzene rings is 1. The molecule has 114 valence electrons. The molecule has 1 rings (SSSR count). The molecule has 1 aromatic rings. The third kappa shape index (κ3) is 9.02. The molecule has 2 nitrogen and oxygen atoms in total. The van der Waals surface area contributed by atoms with Gasteiger partial charge in [0.05, 0.1) is 6.61 Å². The SMILES string of the molecule is C[SiH](C)CCCCCCCCCOc1ccc(O)cc1. The Balaban J connectivity index is 1.86. The second kappa shape index (κ2) is 10.8. The topological polar surface area (TPSA) is 29.5 Å². The fraction of sp³-hybridized carbons (Fsp3) is 0.647. The minimum Gasteiger partial charge on any atom is -0.508 e. The Kier molecular flexibility index (Phi) is 9.21. The maximum absolute atomic E-state index is 9.16. The Hall–Kier alpha value is -0.963. The van der Waals surface area contributed by atoms with Crippen LogP contribution < -0.4 is 4.74 Å². The van der Waals surface area contributed by atoms with Crippen LogP contribution in [0.2, 0.25) is 19.1 Å². The van der Waals surface area contributed by atoms with E-state index in [1.165, 1.54) is 44.6 Å². The zero-order valence-electron chi connectivity index (χ0n) is 13.1. The van der Waals surface area contributed by atoms with Crippen molar-refractivity contribution in [2.75, 3.05) is 6.61 Å².